The molecule has 164 valence electrons. The largest absolute Gasteiger partial charge is 0.454 e. The normalized spacial score (nSPS) is 10.5. The van der Waals surface area contributed by atoms with Crippen LogP contribution < -0.4 is 10.2 Å². The number of carbonyl (C=O) groups is 3. The fraction of sp³-hybridized carbons (Fsp3) is 0.192. The Hall–Kier alpha value is -3.93. The molecule has 3 aromatic rings. The van der Waals surface area contributed by atoms with Gasteiger partial charge in [-0.2, -0.15) is 0 Å². The number of hydrogen-bond donors (Lipinski definition) is 1. The molecule has 0 aliphatic rings. The van der Waals surface area contributed by atoms with E-state index in [9.17, 15) is 14.4 Å². The van der Waals surface area contributed by atoms with Crippen molar-refractivity contribution in [2.45, 2.75) is 19.9 Å². The van der Waals surface area contributed by atoms with Crippen molar-refractivity contribution in [3.05, 3.63) is 90.5 Å². The zero-order valence-electron chi connectivity index (χ0n) is 18.2. The van der Waals surface area contributed by atoms with Crippen molar-refractivity contribution in [3.63, 3.8) is 0 Å². The van der Waals surface area contributed by atoms with E-state index in [0.717, 1.165) is 16.8 Å². The van der Waals surface area contributed by atoms with E-state index in [-0.39, 0.29) is 24.4 Å². The average molecular weight is 431 g/mol. The van der Waals surface area contributed by atoms with Gasteiger partial charge < -0.3 is 15.0 Å². The number of benzene rings is 3. The number of anilines is 1. The van der Waals surface area contributed by atoms with Crippen molar-refractivity contribution in [3.8, 4) is 11.1 Å². The van der Waals surface area contributed by atoms with Gasteiger partial charge in [0, 0.05) is 17.3 Å². The Morgan fingerprint density at radius 2 is 1.38 bits per heavy atom. The minimum Gasteiger partial charge on any atom is -0.454 e. The van der Waals surface area contributed by atoms with E-state index < -0.39 is 12.6 Å². The molecule has 3 rings (SSSR count). The van der Waals surface area contributed by atoms with E-state index in [1.165, 1.54) is 0 Å². The van der Waals surface area contributed by atoms with E-state index in [2.05, 4.69) is 5.32 Å². The first-order valence-electron chi connectivity index (χ1n) is 10.4. The number of nitrogens with one attached hydrogen (secondary N) is 1. The first-order chi connectivity index (χ1) is 15.5. The zero-order valence-corrected chi connectivity index (χ0v) is 18.2. The van der Waals surface area contributed by atoms with Crippen LogP contribution in [0.3, 0.4) is 0 Å². The van der Waals surface area contributed by atoms with Crippen molar-refractivity contribution in [2.24, 2.45) is 0 Å². The summed E-state index contributed by atoms with van der Waals surface area (Å²) in [7, 11) is 0. The maximum absolute atomic E-state index is 12.6. The van der Waals surface area contributed by atoms with Crippen molar-refractivity contribution in [1.29, 1.82) is 0 Å². The summed E-state index contributed by atoms with van der Waals surface area (Å²) in [6.07, 6.45) is 0. The van der Waals surface area contributed by atoms with Gasteiger partial charge in [-0.3, -0.25) is 14.4 Å². The van der Waals surface area contributed by atoms with Crippen LogP contribution in [0, 0.1) is 0 Å². The highest BCUT2D eigenvalue weighted by atomic mass is 16.5. The molecule has 0 aliphatic carbocycles. The zero-order chi connectivity index (χ0) is 22.9. The Morgan fingerprint density at radius 3 is 1.97 bits per heavy atom. The summed E-state index contributed by atoms with van der Waals surface area (Å²) in [4.78, 5) is 38.5. The van der Waals surface area contributed by atoms with Gasteiger partial charge in [0.25, 0.3) is 11.8 Å². The number of carbonyl (C=O) groups excluding carboxylic acids is 3. The third-order valence-corrected chi connectivity index (χ3v) is 4.82. The highest BCUT2D eigenvalue weighted by Crippen LogP contribution is 2.19. The molecule has 6 nitrogen and oxygen atoms in total. The molecule has 32 heavy (non-hydrogen) atoms. The quantitative estimate of drug-likeness (QED) is 0.547. The van der Waals surface area contributed by atoms with E-state index in [1.807, 2.05) is 86.6 Å². The van der Waals surface area contributed by atoms with Crippen LogP contribution in [0.1, 0.15) is 24.2 Å². The lowest BCUT2D eigenvalue weighted by Gasteiger charge is -2.26. The van der Waals surface area contributed by atoms with Crippen LogP contribution in [-0.4, -0.2) is 37.0 Å². The lowest BCUT2D eigenvalue weighted by atomic mass is 10.0. The van der Waals surface area contributed by atoms with Crippen LogP contribution in [0.4, 0.5) is 5.69 Å². The molecule has 0 heterocycles. The van der Waals surface area contributed by atoms with Gasteiger partial charge in [0.1, 0.15) is 6.54 Å². The van der Waals surface area contributed by atoms with Gasteiger partial charge in [-0.25, -0.2) is 0 Å². The topological polar surface area (TPSA) is 75.7 Å². The number of nitrogens with zero attached hydrogens (tertiary/aromatic N) is 1. The molecule has 6 heteroatoms. The molecule has 2 amide bonds. The monoisotopic (exact) mass is 430 g/mol. The lowest BCUT2D eigenvalue weighted by Crippen LogP contribution is -2.40. The third kappa shape index (κ3) is 6.04. The number of para-hydroxylation sites is 1. The van der Waals surface area contributed by atoms with E-state index >= 15 is 0 Å². The van der Waals surface area contributed by atoms with Crippen LogP contribution >= 0.6 is 0 Å². The summed E-state index contributed by atoms with van der Waals surface area (Å²) in [5.41, 5.74) is 3.21. The molecule has 0 unspecified atom stereocenters. The molecule has 0 atom stereocenters. The Labute approximate surface area is 187 Å². The van der Waals surface area contributed by atoms with E-state index in [0.29, 0.717) is 5.56 Å². The van der Waals surface area contributed by atoms with Crippen LogP contribution in [0.2, 0.25) is 0 Å². The number of esters is 1. The van der Waals surface area contributed by atoms with Gasteiger partial charge in [0.05, 0.1) is 0 Å². The number of ether oxygens (including phenoxy) is 1. The van der Waals surface area contributed by atoms with Crippen molar-refractivity contribution in [1.82, 2.24) is 5.32 Å². The molecule has 0 aromatic heterocycles. The summed E-state index contributed by atoms with van der Waals surface area (Å²) in [6, 6.07) is 26.0. The van der Waals surface area contributed by atoms with Gasteiger partial charge in [0.15, 0.2) is 6.61 Å². The molecule has 0 fully saturated rings. The lowest BCUT2D eigenvalue weighted by molar-refractivity contribution is -0.146. The maximum Gasteiger partial charge on any atom is 0.325 e. The predicted octanol–water partition coefficient (Wildman–Crippen LogP) is 4.07. The first-order valence-corrected chi connectivity index (χ1v) is 10.4. The van der Waals surface area contributed by atoms with Gasteiger partial charge in [-0.15, -0.1) is 0 Å². The second-order valence-corrected chi connectivity index (χ2v) is 7.48. The fourth-order valence-corrected chi connectivity index (χ4v) is 3.28. The highest BCUT2D eigenvalue weighted by molar-refractivity contribution is 5.97. The van der Waals surface area contributed by atoms with Gasteiger partial charge in [0.2, 0.25) is 0 Å². The summed E-state index contributed by atoms with van der Waals surface area (Å²) >= 11 is 0. The first kappa shape index (κ1) is 22.7. The summed E-state index contributed by atoms with van der Waals surface area (Å²) in [5, 5.41) is 2.53. The van der Waals surface area contributed by atoms with Crippen LogP contribution in [0.5, 0.6) is 0 Å². The van der Waals surface area contributed by atoms with E-state index in [4.69, 9.17) is 4.74 Å². The second-order valence-electron chi connectivity index (χ2n) is 7.48. The minimum atomic E-state index is -0.677. The second kappa shape index (κ2) is 10.9. The smallest absolute Gasteiger partial charge is 0.325 e. The standard InChI is InChI=1S/C26H26N2O4/c1-19(2)28(23-11-7-4-8-12-23)24(29)18-32-25(30)17-27-26(31)22-15-13-21(14-16-22)20-9-5-3-6-10-20/h3-16,19H,17-18H2,1-2H3,(H,27,31). The molecular formula is C26H26N2O4. The molecular weight excluding hydrogens is 404 g/mol. The fourth-order valence-electron chi connectivity index (χ4n) is 3.28. The molecule has 0 saturated carbocycles. The number of amides is 2. The summed E-state index contributed by atoms with van der Waals surface area (Å²) in [6.45, 7) is 3.05. The van der Waals surface area contributed by atoms with Gasteiger partial charge in [-0.05, 0) is 49.2 Å². The van der Waals surface area contributed by atoms with Gasteiger partial charge in [-0.1, -0.05) is 60.7 Å². The highest BCUT2D eigenvalue weighted by Gasteiger charge is 2.20. The predicted molar refractivity (Wildman–Crippen MR) is 124 cm³/mol. The molecule has 3 aromatic carbocycles. The number of rotatable bonds is 8. The van der Waals surface area contributed by atoms with Crippen molar-refractivity contribution >= 4 is 23.5 Å². The Morgan fingerprint density at radius 1 is 0.812 bits per heavy atom. The molecule has 0 aliphatic heterocycles. The number of hydrogen-bond acceptors (Lipinski definition) is 4. The molecule has 0 bridgehead atoms. The summed E-state index contributed by atoms with van der Waals surface area (Å²) < 4.78 is 5.07. The van der Waals surface area contributed by atoms with Crippen molar-refractivity contribution in [2.75, 3.05) is 18.1 Å². The Balaban J connectivity index is 1.49. The van der Waals surface area contributed by atoms with Crippen LogP contribution in [0.15, 0.2) is 84.9 Å². The van der Waals surface area contributed by atoms with Crippen LogP contribution in [-0.2, 0) is 14.3 Å². The summed E-state index contributed by atoms with van der Waals surface area (Å²) in [5.74, 6) is -1.40. The molecule has 0 radical (unpaired) electrons. The minimum absolute atomic E-state index is 0.0952. The maximum atomic E-state index is 12.6. The van der Waals surface area contributed by atoms with Gasteiger partial charge >= 0.3 is 5.97 Å². The molecule has 0 spiro atoms. The average Bonchev–Trinajstić information content (AvgIpc) is 2.82. The Kier molecular flexibility index (Phi) is 7.75. The molecule has 1 N–H and O–H groups in total. The SMILES string of the molecule is CC(C)N(C(=O)COC(=O)CNC(=O)c1ccc(-c2ccccc2)cc1)c1ccccc1. The van der Waals surface area contributed by atoms with Crippen LogP contribution in [0.25, 0.3) is 11.1 Å². The van der Waals surface area contributed by atoms with Crippen molar-refractivity contribution < 1.29 is 19.1 Å². The molecule has 0 saturated heterocycles. The third-order valence-electron chi connectivity index (χ3n) is 4.82. The Bertz CT molecular complexity index is 1050. The van der Waals surface area contributed by atoms with E-state index in [1.54, 1.807) is 17.0 Å².